The van der Waals surface area contributed by atoms with E-state index in [1.807, 2.05) is 13.8 Å². The highest BCUT2D eigenvalue weighted by Gasteiger charge is 2.13. The molecular formula is C8H16O2. The molecule has 0 amide bonds. The third-order valence-electron chi connectivity index (χ3n) is 1.35. The maximum atomic E-state index is 9.17. The minimum absolute atomic E-state index is 0.407. The van der Waals surface area contributed by atoms with Crippen LogP contribution >= 0.6 is 0 Å². The summed E-state index contributed by atoms with van der Waals surface area (Å²) in [5, 5.41) is 18.2. The van der Waals surface area contributed by atoms with E-state index in [-0.39, 0.29) is 0 Å². The molecule has 0 aliphatic carbocycles. The topological polar surface area (TPSA) is 40.5 Å². The van der Waals surface area contributed by atoms with Crippen LogP contribution in [0.15, 0.2) is 12.7 Å². The summed E-state index contributed by atoms with van der Waals surface area (Å²) in [6.07, 6.45) is 0.542. The maximum Gasteiger partial charge on any atom is 0.0977 e. The Labute approximate surface area is 62.2 Å². The lowest BCUT2D eigenvalue weighted by Crippen LogP contribution is -2.24. The predicted octanol–water partition coefficient (Wildman–Crippen LogP) is 0.940. The predicted molar refractivity (Wildman–Crippen MR) is 41.7 cm³/mol. The number of aliphatic hydroxyl groups is 2. The van der Waals surface area contributed by atoms with E-state index < -0.39 is 12.2 Å². The fourth-order valence-corrected chi connectivity index (χ4v) is 0.779. The molecule has 0 aromatic heterocycles. The first-order valence-electron chi connectivity index (χ1n) is 3.56. The molecule has 0 spiro atoms. The van der Waals surface area contributed by atoms with E-state index in [4.69, 9.17) is 10.2 Å². The minimum atomic E-state index is -0.776. The highest BCUT2D eigenvalue weighted by atomic mass is 16.3. The molecule has 10 heavy (non-hydrogen) atoms. The van der Waals surface area contributed by atoms with Crippen molar-refractivity contribution in [3.05, 3.63) is 12.7 Å². The van der Waals surface area contributed by atoms with Crippen molar-refractivity contribution in [2.75, 3.05) is 0 Å². The van der Waals surface area contributed by atoms with Gasteiger partial charge in [-0.2, -0.15) is 0 Å². The van der Waals surface area contributed by atoms with Gasteiger partial charge in [-0.15, -0.1) is 6.58 Å². The number of hydrogen-bond acceptors (Lipinski definition) is 2. The standard InChI is InChI=1S/C8H16O2/c1-4-7(9)8(10)5-6(2)3/h4,6-10H,1,5H2,2-3H3/t7-,8-/m1/s1. The Morgan fingerprint density at radius 2 is 1.90 bits per heavy atom. The van der Waals surface area contributed by atoms with Crippen molar-refractivity contribution in [2.24, 2.45) is 5.92 Å². The van der Waals surface area contributed by atoms with Crippen molar-refractivity contribution in [1.82, 2.24) is 0 Å². The van der Waals surface area contributed by atoms with Gasteiger partial charge in [-0.25, -0.2) is 0 Å². The largest absolute Gasteiger partial charge is 0.390 e. The van der Waals surface area contributed by atoms with Crippen molar-refractivity contribution in [1.29, 1.82) is 0 Å². The molecule has 0 radical (unpaired) electrons. The molecule has 0 saturated heterocycles. The number of aliphatic hydroxyl groups excluding tert-OH is 2. The second-order valence-electron chi connectivity index (χ2n) is 2.92. The van der Waals surface area contributed by atoms with Gasteiger partial charge in [-0.05, 0) is 12.3 Å². The molecule has 0 unspecified atom stereocenters. The smallest absolute Gasteiger partial charge is 0.0977 e. The summed E-state index contributed by atoms with van der Waals surface area (Å²) in [7, 11) is 0. The Balaban J connectivity index is 3.60. The van der Waals surface area contributed by atoms with Crippen molar-refractivity contribution in [3.8, 4) is 0 Å². The first-order chi connectivity index (χ1) is 4.57. The normalized spacial score (nSPS) is 16.9. The molecular weight excluding hydrogens is 128 g/mol. The van der Waals surface area contributed by atoms with Crippen LogP contribution in [-0.4, -0.2) is 22.4 Å². The van der Waals surface area contributed by atoms with Gasteiger partial charge >= 0.3 is 0 Å². The first kappa shape index (κ1) is 9.66. The Morgan fingerprint density at radius 3 is 2.20 bits per heavy atom. The van der Waals surface area contributed by atoms with Crippen LogP contribution in [0.4, 0.5) is 0 Å². The second-order valence-corrected chi connectivity index (χ2v) is 2.92. The zero-order valence-electron chi connectivity index (χ0n) is 6.62. The van der Waals surface area contributed by atoms with Gasteiger partial charge in [0.15, 0.2) is 0 Å². The van der Waals surface area contributed by atoms with Gasteiger partial charge in [0.1, 0.15) is 0 Å². The summed E-state index contributed by atoms with van der Waals surface area (Å²) >= 11 is 0. The zero-order chi connectivity index (χ0) is 8.15. The Hall–Kier alpha value is -0.340. The summed E-state index contributed by atoms with van der Waals surface area (Å²) in [6.45, 7) is 7.38. The molecule has 60 valence electrons. The van der Waals surface area contributed by atoms with Gasteiger partial charge in [0.2, 0.25) is 0 Å². The van der Waals surface area contributed by atoms with Crippen molar-refractivity contribution >= 4 is 0 Å². The summed E-state index contributed by atoms with van der Waals surface area (Å²) < 4.78 is 0. The van der Waals surface area contributed by atoms with E-state index in [9.17, 15) is 0 Å². The summed E-state index contributed by atoms with van der Waals surface area (Å²) in [5.41, 5.74) is 0. The SMILES string of the molecule is C=C[C@@H](O)[C@H](O)CC(C)C. The van der Waals surface area contributed by atoms with Crippen LogP contribution in [0.5, 0.6) is 0 Å². The van der Waals surface area contributed by atoms with Crippen LogP contribution in [0.25, 0.3) is 0 Å². The molecule has 2 atom stereocenters. The highest BCUT2D eigenvalue weighted by molar-refractivity contribution is 4.84. The highest BCUT2D eigenvalue weighted by Crippen LogP contribution is 2.07. The Morgan fingerprint density at radius 1 is 1.40 bits per heavy atom. The van der Waals surface area contributed by atoms with E-state index in [1.54, 1.807) is 0 Å². The van der Waals surface area contributed by atoms with Crippen LogP contribution in [0.1, 0.15) is 20.3 Å². The van der Waals surface area contributed by atoms with Gasteiger partial charge < -0.3 is 10.2 Å². The summed E-state index contributed by atoms with van der Waals surface area (Å²) in [6, 6.07) is 0. The minimum Gasteiger partial charge on any atom is -0.390 e. The van der Waals surface area contributed by atoms with Crippen LogP contribution in [0, 0.1) is 5.92 Å². The van der Waals surface area contributed by atoms with Gasteiger partial charge in [0, 0.05) is 0 Å². The molecule has 0 rings (SSSR count). The van der Waals surface area contributed by atoms with Crippen LogP contribution < -0.4 is 0 Å². The summed E-state index contributed by atoms with van der Waals surface area (Å²) in [4.78, 5) is 0. The molecule has 0 fully saturated rings. The molecule has 0 heterocycles. The van der Waals surface area contributed by atoms with Crippen LogP contribution in [0.2, 0.25) is 0 Å². The van der Waals surface area contributed by atoms with Crippen molar-refractivity contribution < 1.29 is 10.2 Å². The molecule has 0 bridgehead atoms. The monoisotopic (exact) mass is 144 g/mol. The van der Waals surface area contributed by atoms with E-state index in [1.165, 1.54) is 6.08 Å². The van der Waals surface area contributed by atoms with E-state index in [2.05, 4.69) is 6.58 Å². The molecule has 0 aromatic carbocycles. The van der Waals surface area contributed by atoms with E-state index in [0.717, 1.165) is 0 Å². The number of hydrogen-bond donors (Lipinski definition) is 2. The lowest BCUT2D eigenvalue weighted by molar-refractivity contribution is 0.0353. The zero-order valence-corrected chi connectivity index (χ0v) is 6.62. The molecule has 2 heteroatoms. The number of rotatable bonds is 4. The third-order valence-corrected chi connectivity index (χ3v) is 1.35. The summed E-state index contributed by atoms with van der Waals surface area (Å²) in [5.74, 6) is 0.407. The van der Waals surface area contributed by atoms with Crippen molar-refractivity contribution in [2.45, 2.75) is 32.5 Å². The van der Waals surface area contributed by atoms with E-state index in [0.29, 0.717) is 12.3 Å². The molecule has 0 aliphatic heterocycles. The maximum absolute atomic E-state index is 9.17. The van der Waals surface area contributed by atoms with E-state index >= 15 is 0 Å². The fourth-order valence-electron chi connectivity index (χ4n) is 0.779. The molecule has 0 saturated carbocycles. The lowest BCUT2D eigenvalue weighted by atomic mass is 10.0. The second kappa shape index (κ2) is 4.47. The molecule has 2 N–H and O–H groups in total. The lowest BCUT2D eigenvalue weighted by Gasteiger charge is -2.15. The fraction of sp³-hybridized carbons (Fsp3) is 0.750. The van der Waals surface area contributed by atoms with Gasteiger partial charge in [0.25, 0.3) is 0 Å². The molecule has 0 aliphatic rings. The van der Waals surface area contributed by atoms with Crippen LogP contribution in [-0.2, 0) is 0 Å². The van der Waals surface area contributed by atoms with Crippen LogP contribution in [0.3, 0.4) is 0 Å². The Bertz CT molecular complexity index is 99.4. The molecule has 0 aromatic rings. The average Bonchev–Trinajstić information content (AvgIpc) is 1.85. The van der Waals surface area contributed by atoms with Crippen molar-refractivity contribution in [3.63, 3.8) is 0 Å². The molecule has 2 nitrogen and oxygen atoms in total. The third kappa shape index (κ3) is 3.64. The quantitative estimate of drug-likeness (QED) is 0.576. The van der Waals surface area contributed by atoms with Gasteiger partial charge in [-0.1, -0.05) is 19.9 Å². The van der Waals surface area contributed by atoms with Gasteiger partial charge in [0.05, 0.1) is 12.2 Å². The van der Waals surface area contributed by atoms with Gasteiger partial charge in [-0.3, -0.25) is 0 Å². The Kier molecular flexibility index (Phi) is 4.32. The first-order valence-corrected chi connectivity index (χ1v) is 3.56. The average molecular weight is 144 g/mol.